The molecule has 4 heterocycles. The van der Waals surface area contributed by atoms with Crippen LogP contribution in [0.3, 0.4) is 0 Å². The number of hydrogen-bond acceptors (Lipinski definition) is 8. The summed E-state index contributed by atoms with van der Waals surface area (Å²) in [5, 5.41) is 8.60. The van der Waals surface area contributed by atoms with Gasteiger partial charge in [0, 0.05) is 25.0 Å². The number of rotatable bonds is 5. The lowest BCUT2D eigenvalue weighted by molar-refractivity contribution is 0.577. The molecular formula is C18H17N9O. The molecule has 0 radical (unpaired) electrons. The Labute approximate surface area is 158 Å². The summed E-state index contributed by atoms with van der Waals surface area (Å²) < 4.78 is 8.81. The Morgan fingerprint density at radius 3 is 2.86 bits per heavy atom. The van der Waals surface area contributed by atoms with Crippen LogP contribution < -0.4 is 16.8 Å². The highest BCUT2D eigenvalue weighted by Crippen LogP contribution is 2.19. The van der Waals surface area contributed by atoms with Gasteiger partial charge in [0.2, 0.25) is 17.7 Å². The third kappa shape index (κ3) is 2.76. The van der Waals surface area contributed by atoms with E-state index in [4.69, 9.17) is 15.9 Å². The molecule has 5 rings (SSSR count). The van der Waals surface area contributed by atoms with E-state index in [0.29, 0.717) is 36.4 Å². The van der Waals surface area contributed by atoms with Crippen molar-refractivity contribution in [3.05, 3.63) is 48.9 Å². The molecule has 0 saturated heterocycles. The molecule has 5 N–H and O–H groups in total. The van der Waals surface area contributed by atoms with E-state index >= 15 is 0 Å². The summed E-state index contributed by atoms with van der Waals surface area (Å²) in [6.07, 6.45) is 3.58. The van der Waals surface area contributed by atoms with E-state index in [1.54, 1.807) is 18.4 Å². The standard InChI is InChI=1S/C18H17N9O/c19-12-4-3-11-5-7-26(13(11)10-12)8-6-21-17-23-16(20)27-18(24-17)22-15(25-27)14-2-1-9-28-14/h1-5,7,9-10H,6,8,19H2,(H3,20,21,22,23,24,25). The van der Waals surface area contributed by atoms with Crippen LogP contribution in [0, 0.1) is 0 Å². The molecule has 5 aromatic rings. The van der Waals surface area contributed by atoms with Crippen molar-refractivity contribution in [2.75, 3.05) is 23.3 Å². The highest BCUT2D eigenvalue weighted by atomic mass is 16.3. The molecule has 0 bridgehead atoms. The Kier molecular flexibility index (Phi) is 3.61. The highest BCUT2D eigenvalue weighted by Gasteiger charge is 2.13. The number of nitrogens with two attached hydrogens (primary N) is 2. The fourth-order valence-electron chi connectivity index (χ4n) is 3.08. The first kappa shape index (κ1) is 16.1. The summed E-state index contributed by atoms with van der Waals surface area (Å²) in [6.45, 7) is 1.32. The van der Waals surface area contributed by atoms with E-state index in [1.807, 2.05) is 24.4 Å². The van der Waals surface area contributed by atoms with E-state index < -0.39 is 0 Å². The van der Waals surface area contributed by atoms with Crippen molar-refractivity contribution in [2.24, 2.45) is 0 Å². The van der Waals surface area contributed by atoms with E-state index in [9.17, 15) is 0 Å². The maximum atomic E-state index is 6.00. The van der Waals surface area contributed by atoms with Crippen molar-refractivity contribution in [2.45, 2.75) is 6.54 Å². The van der Waals surface area contributed by atoms with Crippen molar-refractivity contribution in [1.29, 1.82) is 0 Å². The molecule has 4 aromatic heterocycles. The number of anilines is 3. The van der Waals surface area contributed by atoms with Crippen LogP contribution in [0.1, 0.15) is 0 Å². The van der Waals surface area contributed by atoms with Crippen LogP contribution in [0.15, 0.2) is 53.3 Å². The normalized spacial score (nSPS) is 11.4. The van der Waals surface area contributed by atoms with Gasteiger partial charge in [0.15, 0.2) is 5.76 Å². The number of benzene rings is 1. The lowest BCUT2D eigenvalue weighted by Crippen LogP contribution is -2.14. The number of hydrogen-bond donors (Lipinski definition) is 3. The molecule has 0 aliphatic rings. The zero-order chi connectivity index (χ0) is 19.1. The molecule has 0 spiro atoms. The molecule has 0 fully saturated rings. The van der Waals surface area contributed by atoms with Crippen molar-refractivity contribution in [3.8, 4) is 11.6 Å². The van der Waals surface area contributed by atoms with Crippen LogP contribution in [-0.2, 0) is 6.54 Å². The van der Waals surface area contributed by atoms with Crippen molar-refractivity contribution < 1.29 is 4.42 Å². The second-order valence-electron chi connectivity index (χ2n) is 6.28. The minimum absolute atomic E-state index is 0.192. The van der Waals surface area contributed by atoms with Gasteiger partial charge in [-0.05, 0) is 35.7 Å². The number of aromatic nitrogens is 6. The average Bonchev–Trinajstić information content (AvgIpc) is 3.41. The molecule has 0 aliphatic heterocycles. The van der Waals surface area contributed by atoms with Gasteiger partial charge < -0.3 is 25.8 Å². The van der Waals surface area contributed by atoms with Gasteiger partial charge in [0.05, 0.1) is 11.8 Å². The summed E-state index contributed by atoms with van der Waals surface area (Å²) in [7, 11) is 0. The number of nitrogen functional groups attached to an aromatic ring is 2. The summed E-state index contributed by atoms with van der Waals surface area (Å²) in [6, 6.07) is 11.5. The zero-order valence-corrected chi connectivity index (χ0v) is 14.8. The SMILES string of the molecule is Nc1ccc2ccn(CCNc3nc(N)n4nc(-c5ccco5)nc4n3)c2c1. The minimum Gasteiger partial charge on any atom is -0.461 e. The Morgan fingerprint density at radius 2 is 2.00 bits per heavy atom. The Balaban J connectivity index is 1.35. The summed E-state index contributed by atoms with van der Waals surface area (Å²) in [5.41, 5.74) is 13.7. The van der Waals surface area contributed by atoms with Crippen molar-refractivity contribution in [3.63, 3.8) is 0 Å². The number of nitrogens with one attached hydrogen (secondary N) is 1. The van der Waals surface area contributed by atoms with E-state index in [1.165, 1.54) is 4.52 Å². The molecule has 1 aromatic carbocycles. The maximum absolute atomic E-state index is 6.00. The van der Waals surface area contributed by atoms with E-state index in [0.717, 1.165) is 16.6 Å². The first-order chi connectivity index (χ1) is 13.7. The lowest BCUT2D eigenvalue weighted by Gasteiger charge is -2.08. The Hall–Kier alpha value is -4.08. The van der Waals surface area contributed by atoms with E-state index in [-0.39, 0.29) is 5.95 Å². The van der Waals surface area contributed by atoms with Gasteiger partial charge in [-0.2, -0.15) is 19.5 Å². The molecule has 0 aliphatic carbocycles. The van der Waals surface area contributed by atoms with Crippen LogP contribution in [0.2, 0.25) is 0 Å². The predicted molar refractivity (Wildman–Crippen MR) is 106 cm³/mol. The van der Waals surface area contributed by atoms with Crippen LogP contribution in [-0.4, -0.2) is 35.7 Å². The molecule has 0 atom stereocenters. The fourth-order valence-corrected chi connectivity index (χ4v) is 3.08. The smallest absolute Gasteiger partial charge is 0.259 e. The van der Waals surface area contributed by atoms with Crippen molar-refractivity contribution >= 4 is 34.3 Å². The number of fused-ring (bicyclic) bond motifs is 2. The van der Waals surface area contributed by atoms with Gasteiger partial charge in [-0.1, -0.05) is 6.07 Å². The first-order valence-corrected chi connectivity index (χ1v) is 8.70. The van der Waals surface area contributed by atoms with Gasteiger partial charge in [0.1, 0.15) is 0 Å². The summed E-state index contributed by atoms with van der Waals surface area (Å²) >= 11 is 0. The quantitative estimate of drug-likeness (QED) is 0.397. The molecule has 0 amide bonds. The highest BCUT2D eigenvalue weighted by molar-refractivity contribution is 5.83. The third-order valence-electron chi connectivity index (χ3n) is 4.41. The molecule has 140 valence electrons. The molecular weight excluding hydrogens is 358 g/mol. The molecule has 0 saturated carbocycles. The van der Waals surface area contributed by atoms with Crippen LogP contribution in [0.4, 0.5) is 17.6 Å². The van der Waals surface area contributed by atoms with Gasteiger partial charge >= 0.3 is 0 Å². The van der Waals surface area contributed by atoms with Gasteiger partial charge in [-0.3, -0.25) is 0 Å². The zero-order valence-electron chi connectivity index (χ0n) is 14.8. The average molecular weight is 375 g/mol. The molecule has 10 heteroatoms. The predicted octanol–water partition coefficient (Wildman–Crippen LogP) is 2.01. The van der Waals surface area contributed by atoms with Gasteiger partial charge in [-0.25, -0.2) is 0 Å². The molecule has 0 unspecified atom stereocenters. The van der Waals surface area contributed by atoms with Crippen LogP contribution >= 0.6 is 0 Å². The topological polar surface area (TPSA) is 138 Å². The first-order valence-electron chi connectivity index (χ1n) is 8.70. The Bertz CT molecular complexity index is 1270. The van der Waals surface area contributed by atoms with Crippen LogP contribution in [0.25, 0.3) is 28.3 Å². The summed E-state index contributed by atoms with van der Waals surface area (Å²) in [4.78, 5) is 13.0. The second-order valence-corrected chi connectivity index (χ2v) is 6.28. The minimum atomic E-state index is 0.192. The fraction of sp³-hybridized carbons (Fsp3) is 0.111. The van der Waals surface area contributed by atoms with Gasteiger partial charge in [0.25, 0.3) is 5.78 Å². The number of nitrogens with zero attached hydrogens (tertiary/aromatic N) is 6. The Morgan fingerprint density at radius 1 is 1.07 bits per heavy atom. The van der Waals surface area contributed by atoms with Crippen molar-refractivity contribution in [1.82, 2.24) is 29.1 Å². The second kappa shape index (κ2) is 6.27. The molecule has 28 heavy (non-hydrogen) atoms. The molecule has 10 nitrogen and oxygen atoms in total. The van der Waals surface area contributed by atoms with E-state index in [2.05, 4.69) is 36.0 Å². The largest absolute Gasteiger partial charge is 0.461 e. The van der Waals surface area contributed by atoms with Gasteiger partial charge in [-0.15, -0.1) is 5.10 Å². The summed E-state index contributed by atoms with van der Waals surface area (Å²) in [5.74, 6) is 1.87. The number of furan rings is 1. The van der Waals surface area contributed by atoms with Crippen LogP contribution in [0.5, 0.6) is 0 Å². The monoisotopic (exact) mass is 375 g/mol. The maximum Gasteiger partial charge on any atom is 0.259 e. The lowest BCUT2D eigenvalue weighted by atomic mass is 10.2. The third-order valence-corrected chi connectivity index (χ3v) is 4.41.